The van der Waals surface area contributed by atoms with E-state index < -0.39 is 0 Å². The summed E-state index contributed by atoms with van der Waals surface area (Å²) in [4.78, 5) is 14.6. The molecule has 0 aliphatic carbocycles. The summed E-state index contributed by atoms with van der Waals surface area (Å²) in [5, 5.41) is 11.8. The Morgan fingerprint density at radius 2 is 1.96 bits per heavy atom. The lowest BCUT2D eigenvalue weighted by Gasteiger charge is -2.27. The van der Waals surface area contributed by atoms with Gasteiger partial charge in [-0.1, -0.05) is 19.1 Å². The Balaban J connectivity index is 1.75. The molecule has 1 saturated heterocycles. The van der Waals surface area contributed by atoms with Gasteiger partial charge in [0.05, 0.1) is 5.69 Å². The minimum absolute atomic E-state index is 0.0471. The molecule has 1 fully saturated rings. The Kier molecular flexibility index (Phi) is 5.64. The van der Waals surface area contributed by atoms with Gasteiger partial charge in [-0.15, -0.1) is 10.2 Å². The van der Waals surface area contributed by atoms with Crippen LogP contribution in [0, 0.1) is 0 Å². The summed E-state index contributed by atoms with van der Waals surface area (Å²) in [5.74, 6) is 0.892. The molecule has 0 spiro atoms. The minimum Gasteiger partial charge on any atom is -0.355 e. The average molecular weight is 338 g/mol. The van der Waals surface area contributed by atoms with Crippen LogP contribution < -0.4 is 10.2 Å². The second-order valence-electron chi connectivity index (χ2n) is 6.69. The molecule has 1 atom stereocenters. The van der Waals surface area contributed by atoms with Crippen LogP contribution in [-0.4, -0.2) is 35.2 Å². The van der Waals surface area contributed by atoms with E-state index in [9.17, 15) is 4.79 Å². The molecule has 5 nitrogen and oxygen atoms in total. The summed E-state index contributed by atoms with van der Waals surface area (Å²) in [6.07, 6.45) is 4.65. The zero-order valence-corrected chi connectivity index (χ0v) is 15.0. The number of nitrogens with zero attached hydrogens (tertiary/aromatic N) is 3. The van der Waals surface area contributed by atoms with Crippen molar-refractivity contribution in [2.75, 3.05) is 18.0 Å². The van der Waals surface area contributed by atoms with E-state index in [4.69, 9.17) is 0 Å². The number of carbonyl (C=O) groups is 1. The van der Waals surface area contributed by atoms with Crippen LogP contribution in [0.25, 0.3) is 11.3 Å². The normalized spacial score (nSPS) is 15.7. The Hall–Kier alpha value is -2.43. The number of benzene rings is 1. The van der Waals surface area contributed by atoms with E-state index in [0.29, 0.717) is 5.56 Å². The third-order valence-corrected chi connectivity index (χ3v) is 4.74. The van der Waals surface area contributed by atoms with Crippen LogP contribution in [0.5, 0.6) is 0 Å². The van der Waals surface area contributed by atoms with E-state index in [-0.39, 0.29) is 11.9 Å². The van der Waals surface area contributed by atoms with E-state index in [0.717, 1.165) is 36.6 Å². The molecule has 2 heterocycles. The lowest BCUT2D eigenvalue weighted by atomic mass is 10.1. The molecule has 132 valence electrons. The highest BCUT2D eigenvalue weighted by Crippen LogP contribution is 2.21. The summed E-state index contributed by atoms with van der Waals surface area (Å²) < 4.78 is 0. The van der Waals surface area contributed by atoms with Crippen LogP contribution in [-0.2, 0) is 0 Å². The fourth-order valence-corrected chi connectivity index (χ4v) is 3.00. The molecular weight excluding hydrogens is 312 g/mol. The van der Waals surface area contributed by atoms with E-state index in [1.807, 2.05) is 43.3 Å². The SMILES string of the molecule is CCC(C)NC(=O)c1cccc(-c2ccc(N3CCCCC3)nn2)c1. The van der Waals surface area contributed by atoms with E-state index in [1.54, 1.807) is 0 Å². The van der Waals surface area contributed by atoms with Gasteiger partial charge in [0.25, 0.3) is 5.91 Å². The number of rotatable bonds is 5. The smallest absolute Gasteiger partial charge is 0.251 e. The lowest BCUT2D eigenvalue weighted by Crippen LogP contribution is -2.31. The molecule has 1 amide bonds. The van der Waals surface area contributed by atoms with Gasteiger partial charge in [-0.3, -0.25) is 4.79 Å². The molecule has 1 aromatic heterocycles. The van der Waals surface area contributed by atoms with Crippen LogP contribution in [0.15, 0.2) is 36.4 Å². The number of nitrogens with one attached hydrogen (secondary N) is 1. The predicted octanol–water partition coefficient (Wildman–Crippen LogP) is 3.66. The molecule has 25 heavy (non-hydrogen) atoms. The van der Waals surface area contributed by atoms with Gasteiger partial charge in [0.1, 0.15) is 0 Å². The quantitative estimate of drug-likeness (QED) is 0.904. The maximum absolute atomic E-state index is 12.3. The summed E-state index contributed by atoms with van der Waals surface area (Å²) in [5.41, 5.74) is 2.35. The largest absolute Gasteiger partial charge is 0.355 e. The van der Waals surface area contributed by atoms with Crippen LogP contribution in [0.1, 0.15) is 49.9 Å². The van der Waals surface area contributed by atoms with Crippen molar-refractivity contribution in [2.45, 2.75) is 45.6 Å². The first-order valence-electron chi connectivity index (χ1n) is 9.17. The highest BCUT2D eigenvalue weighted by Gasteiger charge is 2.13. The van der Waals surface area contributed by atoms with Crippen molar-refractivity contribution in [3.05, 3.63) is 42.0 Å². The van der Waals surface area contributed by atoms with Crippen molar-refractivity contribution in [3.63, 3.8) is 0 Å². The van der Waals surface area contributed by atoms with Gasteiger partial charge in [-0.2, -0.15) is 0 Å². The van der Waals surface area contributed by atoms with Crippen LogP contribution in [0.4, 0.5) is 5.82 Å². The number of hydrogen-bond donors (Lipinski definition) is 1. The summed E-state index contributed by atoms with van der Waals surface area (Å²) in [6.45, 7) is 6.17. The summed E-state index contributed by atoms with van der Waals surface area (Å²) >= 11 is 0. The Labute approximate surface area is 149 Å². The van der Waals surface area contributed by atoms with Gasteiger partial charge < -0.3 is 10.2 Å². The van der Waals surface area contributed by atoms with Crippen LogP contribution >= 0.6 is 0 Å². The average Bonchev–Trinajstić information content (AvgIpc) is 2.68. The van der Waals surface area contributed by atoms with Gasteiger partial charge in [0, 0.05) is 30.3 Å². The molecule has 0 radical (unpaired) electrons. The number of hydrogen-bond acceptors (Lipinski definition) is 4. The second-order valence-corrected chi connectivity index (χ2v) is 6.69. The van der Waals surface area contributed by atoms with Gasteiger partial charge in [-0.25, -0.2) is 0 Å². The van der Waals surface area contributed by atoms with Gasteiger partial charge in [-0.05, 0) is 56.9 Å². The van der Waals surface area contributed by atoms with Gasteiger partial charge in [0.2, 0.25) is 0 Å². The molecule has 2 aromatic rings. The third-order valence-electron chi connectivity index (χ3n) is 4.74. The fraction of sp³-hybridized carbons (Fsp3) is 0.450. The molecule has 3 rings (SSSR count). The fourth-order valence-electron chi connectivity index (χ4n) is 3.00. The highest BCUT2D eigenvalue weighted by atomic mass is 16.1. The highest BCUT2D eigenvalue weighted by molar-refractivity contribution is 5.95. The molecule has 1 aromatic carbocycles. The van der Waals surface area contributed by atoms with E-state index in [2.05, 4.69) is 27.3 Å². The van der Waals surface area contributed by atoms with Crippen LogP contribution in [0.2, 0.25) is 0 Å². The maximum Gasteiger partial charge on any atom is 0.251 e. The number of anilines is 1. The van der Waals surface area contributed by atoms with E-state index in [1.165, 1.54) is 19.3 Å². The molecule has 1 N–H and O–H groups in total. The number of aromatic nitrogens is 2. The maximum atomic E-state index is 12.3. The minimum atomic E-state index is -0.0471. The molecule has 5 heteroatoms. The molecule has 0 saturated carbocycles. The Bertz CT molecular complexity index is 708. The molecular formula is C20H26N4O. The Morgan fingerprint density at radius 1 is 1.16 bits per heavy atom. The van der Waals surface area contributed by atoms with Crippen molar-refractivity contribution in [2.24, 2.45) is 0 Å². The lowest BCUT2D eigenvalue weighted by molar-refractivity contribution is 0.0939. The predicted molar refractivity (Wildman–Crippen MR) is 101 cm³/mol. The summed E-state index contributed by atoms with van der Waals surface area (Å²) in [7, 11) is 0. The van der Waals surface area contributed by atoms with Crippen molar-refractivity contribution < 1.29 is 4.79 Å². The first kappa shape index (κ1) is 17.4. The monoisotopic (exact) mass is 338 g/mol. The van der Waals surface area contributed by atoms with Gasteiger partial charge in [0.15, 0.2) is 5.82 Å². The molecule has 0 bridgehead atoms. The first-order valence-corrected chi connectivity index (χ1v) is 9.17. The van der Waals surface area contributed by atoms with Crippen LogP contribution in [0.3, 0.4) is 0 Å². The Morgan fingerprint density at radius 3 is 2.64 bits per heavy atom. The molecule has 1 aliphatic heterocycles. The second kappa shape index (κ2) is 8.10. The number of carbonyl (C=O) groups excluding carboxylic acids is 1. The standard InChI is InChI=1S/C20H26N4O/c1-3-15(2)21-20(25)17-9-7-8-16(14-17)18-10-11-19(23-22-18)24-12-5-4-6-13-24/h7-11,14-15H,3-6,12-13H2,1-2H3,(H,21,25). The third kappa shape index (κ3) is 4.35. The van der Waals surface area contributed by atoms with Crippen molar-refractivity contribution in [1.82, 2.24) is 15.5 Å². The van der Waals surface area contributed by atoms with E-state index >= 15 is 0 Å². The zero-order chi connectivity index (χ0) is 17.6. The van der Waals surface area contributed by atoms with Crippen molar-refractivity contribution in [3.8, 4) is 11.3 Å². The van der Waals surface area contributed by atoms with Gasteiger partial charge >= 0.3 is 0 Å². The topological polar surface area (TPSA) is 58.1 Å². The van der Waals surface area contributed by atoms with Crippen molar-refractivity contribution >= 4 is 11.7 Å². The molecule has 1 unspecified atom stereocenters. The first-order chi connectivity index (χ1) is 12.2. The molecule has 1 aliphatic rings. The zero-order valence-electron chi connectivity index (χ0n) is 15.0. The van der Waals surface area contributed by atoms with Crippen molar-refractivity contribution in [1.29, 1.82) is 0 Å². The number of amides is 1. The summed E-state index contributed by atoms with van der Waals surface area (Å²) in [6, 6.07) is 11.7. The number of piperidine rings is 1.